The van der Waals surface area contributed by atoms with Gasteiger partial charge in [0.15, 0.2) is 0 Å². The van der Waals surface area contributed by atoms with E-state index in [-0.39, 0.29) is 5.75 Å². The normalized spacial score (nSPS) is 12.7. The van der Waals surface area contributed by atoms with Crippen LogP contribution in [0.3, 0.4) is 0 Å². The van der Waals surface area contributed by atoms with Crippen LogP contribution in [0.25, 0.3) is 0 Å². The Morgan fingerprint density at radius 1 is 0.868 bits per heavy atom. The molecule has 0 saturated carbocycles. The van der Waals surface area contributed by atoms with Gasteiger partial charge in [0.1, 0.15) is 23.0 Å². The largest absolute Gasteiger partial charge is 0.508 e. The Morgan fingerprint density at radius 2 is 1.50 bits per heavy atom. The second-order valence-corrected chi connectivity index (χ2v) is 8.50. The van der Waals surface area contributed by atoms with Crippen LogP contribution >= 0.6 is 0 Å². The molecule has 1 aliphatic rings. The first-order chi connectivity index (χ1) is 18.3. The van der Waals surface area contributed by atoms with E-state index >= 15 is 0 Å². The first-order valence-electron chi connectivity index (χ1n) is 12.2. The summed E-state index contributed by atoms with van der Waals surface area (Å²) in [6, 6.07) is 12.4. The predicted octanol–water partition coefficient (Wildman–Crippen LogP) is 5.80. The fourth-order valence-corrected chi connectivity index (χ4v) is 3.42. The van der Waals surface area contributed by atoms with Crippen LogP contribution in [0.15, 0.2) is 96.5 Å². The van der Waals surface area contributed by atoms with Gasteiger partial charge in [-0.1, -0.05) is 12.2 Å². The van der Waals surface area contributed by atoms with Crippen LogP contribution in [0, 0.1) is 0 Å². The van der Waals surface area contributed by atoms with Gasteiger partial charge in [-0.25, -0.2) is 14.4 Å². The molecule has 38 heavy (non-hydrogen) atoms. The second-order valence-electron chi connectivity index (χ2n) is 8.50. The molecule has 1 N–H and O–H groups in total. The van der Waals surface area contributed by atoms with Gasteiger partial charge in [-0.3, -0.25) is 0 Å². The van der Waals surface area contributed by atoms with Gasteiger partial charge in [0, 0.05) is 12.5 Å². The van der Waals surface area contributed by atoms with Crippen molar-refractivity contribution in [2.24, 2.45) is 0 Å². The minimum atomic E-state index is -0.547. The molecule has 2 aromatic rings. The highest BCUT2D eigenvalue weighted by molar-refractivity contribution is 5.91. The molecule has 3 rings (SSSR count). The lowest BCUT2D eigenvalue weighted by Gasteiger charge is -2.08. The van der Waals surface area contributed by atoms with Crippen molar-refractivity contribution >= 4 is 17.9 Å². The number of unbranched alkanes of at least 4 members (excludes halogenated alkanes) is 2. The quantitative estimate of drug-likeness (QED) is 0.163. The zero-order valence-corrected chi connectivity index (χ0v) is 21.2. The molecule has 0 heterocycles. The van der Waals surface area contributed by atoms with Crippen molar-refractivity contribution in [2.45, 2.75) is 32.6 Å². The first kappa shape index (κ1) is 28.0. The smallest absolute Gasteiger partial charge is 0.343 e. The number of esters is 3. The van der Waals surface area contributed by atoms with E-state index in [9.17, 15) is 19.5 Å². The van der Waals surface area contributed by atoms with Crippen molar-refractivity contribution in [3.05, 3.63) is 108 Å². The molecule has 0 spiro atoms. The third-order valence-corrected chi connectivity index (χ3v) is 5.37. The van der Waals surface area contributed by atoms with E-state index in [0.717, 1.165) is 30.9 Å². The molecule has 0 aromatic heterocycles. The molecule has 0 atom stereocenters. The number of benzene rings is 2. The number of allylic oxidation sites excluding steroid dienone is 4. The van der Waals surface area contributed by atoms with Crippen molar-refractivity contribution in [2.75, 3.05) is 13.2 Å². The summed E-state index contributed by atoms with van der Waals surface area (Å²) >= 11 is 0. The van der Waals surface area contributed by atoms with Gasteiger partial charge in [0.05, 0.1) is 24.3 Å². The summed E-state index contributed by atoms with van der Waals surface area (Å²) in [5.74, 6) is -0.0809. The molecule has 0 bridgehead atoms. The summed E-state index contributed by atoms with van der Waals surface area (Å²) in [5, 5.41) is 9.38. The van der Waals surface area contributed by atoms with Crippen molar-refractivity contribution in [3.63, 3.8) is 0 Å². The van der Waals surface area contributed by atoms with Gasteiger partial charge in [-0.05, 0) is 92.9 Å². The van der Waals surface area contributed by atoms with Crippen LogP contribution in [0.1, 0.15) is 53.3 Å². The number of ether oxygens (including phenoxy) is 4. The zero-order valence-electron chi connectivity index (χ0n) is 21.2. The van der Waals surface area contributed by atoms with Gasteiger partial charge in [0.25, 0.3) is 0 Å². The van der Waals surface area contributed by atoms with Gasteiger partial charge in [-0.15, -0.1) is 0 Å². The Labute approximate surface area is 221 Å². The van der Waals surface area contributed by atoms with Crippen molar-refractivity contribution in [1.29, 1.82) is 0 Å². The molecular formula is C30H30O8. The van der Waals surface area contributed by atoms with Gasteiger partial charge in [0.2, 0.25) is 0 Å². The van der Waals surface area contributed by atoms with Crippen molar-refractivity contribution < 1.29 is 38.4 Å². The highest BCUT2D eigenvalue weighted by atomic mass is 16.5. The van der Waals surface area contributed by atoms with Crippen LogP contribution in [0.4, 0.5) is 0 Å². The Bertz CT molecular complexity index is 1230. The lowest BCUT2D eigenvalue weighted by molar-refractivity contribution is -0.137. The SMILES string of the molecule is C=CC(=O)OCCCCCOc1ccc(C(=O)OC2=CC=C(OC(=O)c3ccc(O)cc3)CC(C)=C2)cc1. The molecule has 0 aliphatic heterocycles. The van der Waals surface area contributed by atoms with E-state index in [1.165, 1.54) is 24.3 Å². The van der Waals surface area contributed by atoms with Gasteiger partial charge >= 0.3 is 17.9 Å². The van der Waals surface area contributed by atoms with E-state index in [4.69, 9.17) is 18.9 Å². The van der Waals surface area contributed by atoms with E-state index in [1.807, 2.05) is 6.92 Å². The molecule has 0 fully saturated rings. The summed E-state index contributed by atoms with van der Waals surface area (Å²) in [6.45, 7) is 6.05. The summed E-state index contributed by atoms with van der Waals surface area (Å²) in [7, 11) is 0. The van der Waals surface area contributed by atoms with Crippen LogP contribution in [0.2, 0.25) is 0 Å². The molecule has 198 valence electrons. The third-order valence-electron chi connectivity index (χ3n) is 5.37. The van der Waals surface area contributed by atoms with Gasteiger partial charge < -0.3 is 24.1 Å². The molecule has 2 aromatic carbocycles. The number of hydrogen-bond acceptors (Lipinski definition) is 8. The molecule has 1 aliphatic carbocycles. The third kappa shape index (κ3) is 9.13. The minimum Gasteiger partial charge on any atom is -0.508 e. The minimum absolute atomic E-state index is 0.0583. The molecule has 0 radical (unpaired) electrons. The summed E-state index contributed by atoms with van der Waals surface area (Å²) in [4.78, 5) is 36.0. The highest BCUT2D eigenvalue weighted by Gasteiger charge is 2.15. The molecule has 0 unspecified atom stereocenters. The average Bonchev–Trinajstić information content (AvgIpc) is 3.08. The lowest BCUT2D eigenvalue weighted by atomic mass is 10.2. The number of hydrogen-bond donors (Lipinski definition) is 1. The lowest BCUT2D eigenvalue weighted by Crippen LogP contribution is -2.05. The summed E-state index contributed by atoms with van der Waals surface area (Å²) < 4.78 is 21.6. The molecular weight excluding hydrogens is 488 g/mol. The zero-order chi connectivity index (χ0) is 27.3. The highest BCUT2D eigenvalue weighted by Crippen LogP contribution is 2.22. The van der Waals surface area contributed by atoms with Crippen molar-refractivity contribution in [3.8, 4) is 11.5 Å². The Hall–Kier alpha value is -4.59. The maximum Gasteiger partial charge on any atom is 0.343 e. The van der Waals surface area contributed by atoms with E-state index in [2.05, 4.69) is 6.58 Å². The molecule has 0 saturated heterocycles. The Kier molecular flexibility index (Phi) is 10.5. The molecule has 0 amide bonds. The molecule has 8 nitrogen and oxygen atoms in total. The number of carbonyl (C=O) groups excluding carboxylic acids is 3. The van der Waals surface area contributed by atoms with Crippen LogP contribution < -0.4 is 4.74 Å². The number of phenolic OH excluding ortho intramolecular Hbond substituents is 1. The fraction of sp³-hybridized carbons (Fsp3) is 0.233. The van der Waals surface area contributed by atoms with Gasteiger partial charge in [-0.2, -0.15) is 0 Å². The summed E-state index contributed by atoms with van der Waals surface area (Å²) in [5.41, 5.74) is 1.51. The fourth-order valence-electron chi connectivity index (χ4n) is 3.42. The van der Waals surface area contributed by atoms with Crippen molar-refractivity contribution in [1.82, 2.24) is 0 Å². The topological polar surface area (TPSA) is 108 Å². The maximum atomic E-state index is 12.6. The number of aromatic hydroxyl groups is 1. The van der Waals surface area contributed by atoms with Crippen LogP contribution in [0.5, 0.6) is 11.5 Å². The first-order valence-corrected chi connectivity index (χ1v) is 12.2. The number of phenols is 1. The van der Waals surface area contributed by atoms with E-state index < -0.39 is 17.9 Å². The predicted molar refractivity (Wildman–Crippen MR) is 140 cm³/mol. The standard InChI is InChI=1S/C30H30O8/c1-3-28(32)36-18-6-4-5-17-35-25-13-9-23(10-14-25)30(34)38-27-16-15-26(19-21(2)20-27)37-29(33)22-7-11-24(31)12-8-22/h3,7-16,20,31H,1,4-6,17-19H2,2H3. The van der Waals surface area contributed by atoms with E-state index in [0.29, 0.717) is 48.0 Å². The second kappa shape index (κ2) is 14.2. The van der Waals surface area contributed by atoms with E-state index in [1.54, 1.807) is 42.5 Å². The number of rotatable bonds is 12. The maximum absolute atomic E-state index is 12.6. The Morgan fingerprint density at radius 3 is 2.18 bits per heavy atom. The average molecular weight is 519 g/mol. The summed E-state index contributed by atoms with van der Waals surface area (Å²) in [6.07, 6.45) is 8.78. The molecule has 8 heteroatoms. The van der Waals surface area contributed by atoms with Crippen LogP contribution in [-0.2, 0) is 19.0 Å². The number of carbonyl (C=O) groups is 3. The monoisotopic (exact) mass is 518 g/mol. The Balaban J connectivity index is 1.48. The van der Waals surface area contributed by atoms with Crippen LogP contribution in [-0.4, -0.2) is 36.2 Å².